The van der Waals surface area contributed by atoms with Gasteiger partial charge in [0, 0.05) is 12.1 Å². The molecule has 0 bridgehead atoms. The molecule has 174 valence electrons. The van der Waals surface area contributed by atoms with Crippen molar-refractivity contribution >= 4 is 5.91 Å². The quantitative estimate of drug-likeness (QED) is 0.595. The first-order chi connectivity index (χ1) is 15.3. The molecule has 1 aliphatic carbocycles. The van der Waals surface area contributed by atoms with Gasteiger partial charge in [0.1, 0.15) is 18.5 Å². The van der Waals surface area contributed by atoms with Gasteiger partial charge in [0.15, 0.2) is 11.5 Å². The fourth-order valence-corrected chi connectivity index (χ4v) is 3.40. The second kappa shape index (κ2) is 10.6. The lowest BCUT2D eigenvalue weighted by Crippen LogP contribution is -2.35. The lowest BCUT2D eigenvalue weighted by atomic mass is 10.1. The highest BCUT2D eigenvalue weighted by atomic mass is 19.4. The number of hydrogen-bond acceptors (Lipinski definition) is 5. The van der Waals surface area contributed by atoms with E-state index in [1.54, 1.807) is 18.2 Å². The van der Waals surface area contributed by atoms with Gasteiger partial charge in [-0.2, -0.15) is 13.2 Å². The van der Waals surface area contributed by atoms with E-state index < -0.39 is 23.8 Å². The van der Waals surface area contributed by atoms with E-state index in [1.165, 1.54) is 19.2 Å². The Labute approximate surface area is 184 Å². The first-order valence-corrected chi connectivity index (χ1v) is 10.4. The van der Waals surface area contributed by atoms with Crippen molar-refractivity contribution in [3.05, 3.63) is 53.6 Å². The third-order valence-electron chi connectivity index (χ3n) is 5.14. The van der Waals surface area contributed by atoms with E-state index in [2.05, 4.69) is 5.32 Å². The van der Waals surface area contributed by atoms with E-state index in [1.807, 2.05) is 0 Å². The van der Waals surface area contributed by atoms with Crippen LogP contribution in [0.3, 0.4) is 0 Å². The number of rotatable bonds is 9. The Kier molecular flexibility index (Phi) is 7.84. The number of amides is 1. The summed E-state index contributed by atoms with van der Waals surface area (Å²) in [5.74, 6) is 0.812. The van der Waals surface area contributed by atoms with Crippen LogP contribution in [0.4, 0.5) is 13.2 Å². The van der Waals surface area contributed by atoms with Gasteiger partial charge in [0.25, 0.3) is 5.91 Å². The molecule has 1 fully saturated rings. The third-order valence-corrected chi connectivity index (χ3v) is 5.14. The number of ether oxygens (including phenoxy) is 3. The SMILES string of the molecule is COc1cc(C(=O)NCC(O)COc2ccc(C(F)(F)F)cc2)ccc1OC1CCCC1. The summed E-state index contributed by atoms with van der Waals surface area (Å²) in [5, 5.41) is 12.6. The van der Waals surface area contributed by atoms with Crippen LogP contribution in [0.15, 0.2) is 42.5 Å². The zero-order valence-electron chi connectivity index (χ0n) is 17.7. The Bertz CT molecular complexity index is 895. The molecule has 1 aliphatic rings. The summed E-state index contributed by atoms with van der Waals surface area (Å²) in [7, 11) is 1.50. The molecule has 9 heteroatoms. The predicted octanol–water partition coefficient (Wildman–Crippen LogP) is 4.21. The lowest BCUT2D eigenvalue weighted by molar-refractivity contribution is -0.137. The van der Waals surface area contributed by atoms with Crippen molar-refractivity contribution < 1.29 is 37.3 Å². The normalized spacial score (nSPS) is 15.3. The van der Waals surface area contributed by atoms with Crippen LogP contribution in [0.5, 0.6) is 17.2 Å². The second-order valence-electron chi connectivity index (χ2n) is 7.59. The van der Waals surface area contributed by atoms with Gasteiger partial charge in [-0.3, -0.25) is 4.79 Å². The maximum atomic E-state index is 12.6. The highest BCUT2D eigenvalue weighted by Gasteiger charge is 2.30. The van der Waals surface area contributed by atoms with Crippen LogP contribution < -0.4 is 19.5 Å². The van der Waals surface area contributed by atoms with Crippen molar-refractivity contribution in [2.24, 2.45) is 0 Å². The summed E-state index contributed by atoms with van der Waals surface area (Å²) in [5.41, 5.74) is -0.441. The molecule has 0 spiro atoms. The van der Waals surface area contributed by atoms with Crippen LogP contribution >= 0.6 is 0 Å². The van der Waals surface area contributed by atoms with Gasteiger partial charge in [-0.25, -0.2) is 0 Å². The minimum atomic E-state index is -4.42. The summed E-state index contributed by atoms with van der Waals surface area (Å²) in [6.07, 6.45) is -1.05. The smallest absolute Gasteiger partial charge is 0.416 e. The van der Waals surface area contributed by atoms with Gasteiger partial charge in [-0.1, -0.05) is 0 Å². The molecule has 1 atom stereocenters. The Hall–Kier alpha value is -2.94. The fourth-order valence-electron chi connectivity index (χ4n) is 3.40. The van der Waals surface area contributed by atoms with Crippen LogP contribution in [0, 0.1) is 0 Å². The number of nitrogens with one attached hydrogen (secondary N) is 1. The Morgan fingerprint density at radius 3 is 2.44 bits per heavy atom. The van der Waals surface area contributed by atoms with E-state index >= 15 is 0 Å². The Morgan fingerprint density at radius 2 is 1.81 bits per heavy atom. The van der Waals surface area contributed by atoms with Crippen LogP contribution in [0.2, 0.25) is 0 Å². The molecular weight excluding hydrogens is 427 g/mol. The standard InChI is InChI=1S/C23H26F3NO5/c1-30-21-12-15(6-11-20(21)32-19-4-2-3-5-19)22(29)27-13-17(28)14-31-18-9-7-16(8-10-18)23(24,25)26/h6-12,17,19,28H,2-5,13-14H2,1H3,(H,27,29). The summed E-state index contributed by atoms with van der Waals surface area (Å²) in [6.45, 7) is -0.286. The van der Waals surface area contributed by atoms with Crippen molar-refractivity contribution in [1.29, 1.82) is 0 Å². The third kappa shape index (κ3) is 6.53. The molecule has 0 aromatic heterocycles. The topological polar surface area (TPSA) is 77.0 Å². The number of methoxy groups -OCH3 is 1. The number of aliphatic hydroxyl groups is 1. The molecular formula is C23H26F3NO5. The predicted molar refractivity (Wildman–Crippen MR) is 111 cm³/mol. The molecule has 0 radical (unpaired) electrons. The zero-order valence-corrected chi connectivity index (χ0v) is 17.7. The molecule has 6 nitrogen and oxygen atoms in total. The number of halogens is 3. The van der Waals surface area contributed by atoms with Crippen molar-refractivity contribution in [2.75, 3.05) is 20.3 Å². The summed E-state index contributed by atoms with van der Waals surface area (Å²) in [4.78, 5) is 12.4. The van der Waals surface area contributed by atoms with Crippen LogP contribution in [-0.4, -0.2) is 43.5 Å². The van der Waals surface area contributed by atoms with E-state index in [4.69, 9.17) is 14.2 Å². The largest absolute Gasteiger partial charge is 0.493 e. The molecule has 0 aliphatic heterocycles. The summed E-state index contributed by atoms with van der Waals surface area (Å²) >= 11 is 0. The minimum absolute atomic E-state index is 0.0951. The molecule has 1 unspecified atom stereocenters. The number of aliphatic hydroxyl groups excluding tert-OH is 1. The monoisotopic (exact) mass is 453 g/mol. The van der Waals surface area contributed by atoms with E-state index in [9.17, 15) is 23.1 Å². The number of alkyl halides is 3. The maximum Gasteiger partial charge on any atom is 0.416 e. The summed E-state index contributed by atoms with van der Waals surface area (Å²) in [6, 6.07) is 9.03. The van der Waals surface area contributed by atoms with Gasteiger partial charge in [-0.15, -0.1) is 0 Å². The number of carbonyl (C=O) groups is 1. The molecule has 0 heterocycles. The van der Waals surface area contributed by atoms with Crippen molar-refractivity contribution in [3.8, 4) is 17.2 Å². The fraction of sp³-hybridized carbons (Fsp3) is 0.435. The highest BCUT2D eigenvalue weighted by Crippen LogP contribution is 2.32. The maximum absolute atomic E-state index is 12.6. The Morgan fingerprint density at radius 1 is 1.12 bits per heavy atom. The van der Waals surface area contributed by atoms with E-state index in [0.29, 0.717) is 17.1 Å². The van der Waals surface area contributed by atoms with Crippen LogP contribution in [-0.2, 0) is 6.18 Å². The van der Waals surface area contributed by atoms with Gasteiger partial charge in [0.05, 0.1) is 18.8 Å². The highest BCUT2D eigenvalue weighted by molar-refractivity contribution is 5.94. The first kappa shape index (κ1) is 23.7. The molecule has 2 aromatic rings. The van der Waals surface area contributed by atoms with Gasteiger partial charge >= 0.3 is 6.18 Å². The molecule has 1 amide bonds. The minimum Gasteiger partial charge on any atom is -0.493 e. The number of carbonyl (C=O) groups excluding carboxylic acids is 1. The molecule has 32 heavy (non-hydrogen) atoms. The van der Waals surface area contributed by atoms with E-state index in [0.717, 1.165) is 37.8 Å². The average Bonchev–Trinajstić information content (AvgIpc) is 3.29. The average molecular weight is 453 g/mol. The van der Waals surface area contributed by atoms with Crippen molar-refractivity contribution in [1.82, 2.24) is 5.32 Å². The second-order valence-corrected chi connectivity index (χ2v) is 7.59. The van der Waals surface area contributed by atoms with Crippen LogP contribution in [0.1, 0.15) is 41.6 Å². The zero-order chi connectivity index (χ0) is 23.1. The van der Waals surface area contributed by atoms with Gasteiger partial charge < -0.3 is 24.6 Å². The molecule has 1 saturated carbocycles. The van der Waals surface area contributed by atoms with Crippen LogP contribution in [0.25, 0.3) is 0 Å². The Balaban J connectivity index is 1.48. The molecule has 2 N–H and O–H groups in total. The molecule has 3 rings (SSSR count). The molecule has 0 saturated heterocycles. The molecule has 2 aromatic carbocycles. The first-order valence-electron chi connectivity index (χ1n) is 10.4. The van der Waals surface area contributed by atoms with Gasteiger partial charge in [0.2, 0.25) is 0 Å². The lowest BCUT2D eigenvalue weighted by Gasteiger charge is -2.17. The van der Waals surface area contributed by atoms with E-state index in [-0.39, 0.29) is 25.0 Å². The van der Waals surface area contributed by atoms with Crippen molar-refractivity contribution in [3.63, 3.8) is 0 Å². The van der Waals surface area contributed by atoms with Gasteiger partial charge in [-0.05, 0) is 68.1 Å². The number of hydrogen-bond donors (Lipinski definition) is 2. The number of benzene rings is 2. The van der Waals surface area contributed by atoms with Crippen molar-refractivity contribution in [2.45, 2.75) is 44.1 Å². The summed E-state index contributed by atoms with van der Waals surface area (Å²) < 4.78 is 54.3.